The number of nitrogens with one attached hydrogen (secondary N) is 1. The van der Waals surface area contributed by atoms with Crippen molar-refractivity contribution in [1.82, 2.24) is 15.2 Å². The van der Waals surface area contributed by atoms with Gasteiger partial charge in [-0.05, 0) is 18.9 Å². The summed E-state index contributed by atoms with van der Waals surface area (Å²) in [6.45, 7) is 0.463. The minimum Gasteiger partial charge on any atom is -0.343 e. The maximum Gasteiger partial charge on any atom is 0.252 e. The average Bonchev–Trinajstić information content (AvgIpc) is 3.07. The highest BCUT2D eigenvalue weighted by molar-refractivity contribution is 6.33. The van der Waals surface area contributed by atoms with E-state index in [-0.39, 0.29) is 24.4 Å². The highest BCUT2D eigenvalue weighted by Gasteiger charge is 2.28. The molecule has 2 heterocycles. The Morgan fingerprint density at radius 1 is 1.42 bits per heavy atom. The molecule has 0 unspecified atom stereocenters. The van der Waals surface area contributed by atoms with Gasteiger partial charge in [-0.2, -0.15) is 5.26 Å². The van der Waals surface area contributed by atoms with E-state index in [9.17, 15) is 9.59 Å². The minimum atomic E-state index is -0.378. The molecule has 7 heteroatoms. The van der Waals surface area contributed by atoms with Gasteiger partial charge in [-0.15, -0.1) is 4.43 Å². The number of nitrogens with zero attached hydrogens (tertiary/aromatic N) is 3. The molecule has 0 saturated carbocycles. The first-order valence-electron chi connectivity index (χ1n) is 7.71. The lowest BCUT2D eigenvalue weighted by molar-refractivity contribution is -0.130. The van der Waals surface area contributed by atoms with Gasteiger partial charge in [-0.25, -0.2) is 0 Å². The summed E-state index contributed by atoms with van der Waals surface area (Å²) >= 11 is 2.59. The summed E-state index contributed by atoms with van der Waals surface area (Å²) in [7, 11) is 0. The van der Waals surface area contributed by atoms with Crippen LogP contribution in [-0.4, -0.2) is 57.1 Å². The van der Waals surface area contributed by atoms with Crippen LogP contribution >= 0.6 is 0 Å². The lowest BCUT2D eigenvalue weighted by Crippen LogP contribution is -2.42. The first-order valence-corrected chi connectivity index (χ1v) is 8.29. The van der Waals surface area contributed by atoms with Crippen LogP contribution in [0.3, 0.4) is 0 Å². The van der Waals surface area contributed by atoms with E-state index >= 15 is 0 Å². The van der Waals surface area contributed by atoms with Crippen LogP contribution in [0.2, 0.25) is 0 Å². The lowest BCUT2D eigenvalue weighted by atomic mass is 10.1. The second kappa shape index (κ2) is 7.00. The standard InChI is InChI=1S/C17H15N4O2.Al/c18-10-12-4-3-9-21(12)16(22)11-20-17(23)14-7-8-19-15-6-2-1-5-13(14)15;/h1,5-8,12H,3-4,9,11H2,(H,20,23);/t12-;/m0./s1. The number of rotatable bonds is 3. The van der Waals surface area contributed by atoms with E-state index in [0.717, 1.165) is 21.7 Å². The van der Waals surface area contributed by atoms with Crippen molar-refractivity contribution in [2.75, 3.05) is 13.1 Å². The van der Waals surface area contributed by atoms with Gasteiger partial charge in [0.15, 0.2) is 16.3 Å². The van der Waals surface area contributed by atoms with E-state index in [1.807, 2.05) is 18.2 Å². The molecule has 6 nitrogen and oxygen atoms in total. The number of carbonyl (C=O) groups is 2. The SMILES string of the molecule is N#C[C@@H]1CCCN1C(=O)CNC(=O)c1ccnc2c[c]([Al])ccc12. The predicted octanol–water partition coefficient (Wildman–Crippen LogP) is 0.273. The van der Waals surface area contributed by atoms with Crippen LogP contribution in [0.1, 0.15) is 23.2 Å². The molecule has 1 aliphatic rings. The summed E-state index contributed by atoms with van der Waals surface area (Å²) in [5.74, 6) is -0.544. The zero-order valence-corrected chi connectivity index (χ0v) is 14.2. The Bertz CT molecular complexity index is 846. The highest BCUT2D eigenvalue weighted by Crippen LogP contribution is 2.17. The van der Waals surface area contributed by atoms with E-state index in [0.29, 0.717) is 18.5 Å². The smallest absolute Gasteiger partial charge is 0.252 e. The van der Waals surface area contributed by atoms with E-state index in [4.69, 9.17) is 5.26 Å². The van der Waals surface area contributed by atoms with Crippen LogP contribution in [0.4, 0.5) is 0 Å². The topological polar surface area (TPSA) is 86.1 Å². The van der Waals surface area contributed by atoms with E-state index in [1.54, 1.807) is 12.3 Å². The molecule has 1 fully saturated rings. The number of nitriles is 1. The number of amides is 2. The third kappa shape index (κ3) is 3.26. The molecule has 2 amide bonds. The fourth-order valence-electron chi connectivity index (χ4n) is 2.92. The molecular formula is C17H15AlN4O2. The number of benzene rings is 1. The Labute approximate surface area is 147 Å². The van der Waals surface area contributed by atoms with Gasteiger partial charge in [0.2, 0.25) is 5.91 Å². The van der Waals surface area contributed by atoms with Crippen LogP contribution in [0.5, 0.6) is 0 Å². The maximum absolute atomic E-state index is 12.4. The molecule has 2 aromatic rings. The van der Waals surface area contributed by atoms with Crippen molar-refractivity contribution in [3.05, 3.63) is 36.0 Å². The van der Waals surface area contributed by atoms with E-state index in [1.165, 1.54) is 4.90 Å². The first-order chi connectivity index (χ1) is 11.6. The molecule has 0 spiro atoms. The summed E-state index contributed by atoms with van der Waals surface area (Å²) in [6.07, 6.45) is 3.10. The van der Waals surface area contributed by atoms with Gasteiger partial charge < -0.3 is 10.2 Å². The Hall–Kier alpha value is -2.41. The monoisotopic (exact) mass is 334 g/mol. The Kier molecular flexibility index (Phi) is 4.80. The number of likely N-dealkylation sites (tertiary alicyclic amines) is 1. The molecule has 1 aromatic heterocycles. The van der Waals surface area contributed by atoms with Crippen LogP contribution < -0.4 is 9.74 Å². The van der Waals surface area contributed by atoms with Gasteiger partial charge in [0.25, 0.3) is 5.91 Å². The number of aromatic nitrogens is 1. The van der Waals surface area contributed by atoms with Crippen molar-refractivity contribution in [1.29, 1.82) is 5.26 Å². The van der Waals surface area contributed by atoms with E-state index < -0.39 is 0 Å². The number of hydrogen-bond donors (Lipinski definition) is 1. The Balaban J connectivity index is 1.72. The minimum absolute atomic E-state index is 0.109. The first kappa shape index (κ1) is 16.5. The number of pyridine rings is 1. The normalized spacial score (nSPS) is 16.8. The average molecular weight is 334 g/mol. The Morgan fingerprint density at radius 3 is 3.04 bits per heavy atom. The molecule has 1 saturated heterocycles. The van der Waals surface area contributed by atoms with Gasteiger partial charge >= 0.3 is 0 Å². The molecule has 2 radical (unpaired) electrons. The molecule has 1 aliphatic heterocycles. The maximum atomic E-state index is 12.4. The second-order valence-electron chi connectivity index (χ2n) is 5.69. The zero-order chi connectivity index (χ0) is 17.1. The van der Waals surface area contributed by atoms with Gasteiger partial charge in [0.05, 0.1) is 23.7 Å². The largest absolute Gasteiger partial charge is 0.343 e. The second-order valence-corrected chi connectivity index (χ2v) is 6.36. The van der Waals surface area contributed by atoms with Crippen molar-refractivity contribution in [2.45, 2.75) is 18.9 Å². The van der Waals surface area contributed by atoms with Gasteiger partial charge in [-0.1, -0.05) is 18.2 Å². The fourth-order valence-corrected chi connectivity index (χ4v) is 3.17. The number of hydrogen-bond acceptors (Lipinski definition) is 4. The van der Waals surface area contributed by atoms with Crippen LogP contribution in [0.25, 0.3) is 10.9 Å². The van der Waals surface area contributed by atoms with Gasteiger partial charge in [-0.3, -0.25) is 14.6 Å². The molecule has 1 atom stereocenters. The van der Waals surface area contributed by atoms with Crippen LogP contribution in [0.15, 0.2) is 30.5 Å². The van der Waals surface area contributed by atoms with Crippen molar-refractivity contribution in [3.8, 4) is 6.07 Å². The summed E-state index contributed by atoms with van der Waals surface area (Å²) in [5.41, 5.74) is 1.21. The molecule has 1 aromatic carbocycles. The summed E-state index contributed by atoms with van der Waals surface area (Å²) in [6, 6.07) is 8.99. The molecule has 118 valence electrons. The third-order valence-corrected chi connectivity index (χ3v) is 4.49. The molecule has 1 N–H and O–H groups in total. The molecule has 3 rings (SSSR count). The molecule has 0 bridgehead atoms. The van der Waals surface area contributed by atoms with Crippen LogP contribution in [-0.2, 0) is 4.79 Å². The lowest BCUT2D eigenvalue weighted by Gasteiger charge is -2.19. The number of carbonyl (C=O) groups excluding carboxylic acids is 2. The summed E-state index contributed by atoms with van der Waals surface area (Å²) < 4.78 is 0.985. The van der Waals surface area contributed by atoms with Crippen molar-refractivity contribution < 1.29 is 9.59 Å². The third-order valence-electron chi connectivity index (χ3n) is 4.13. The van der Waals surface area contributed by atoms with E-state index in [2.05, 4.69) is 32.7 Å². The Morgan fingerprint density at radius 2 is 2.25 bits per heavy atom. The molecule has 0 aliphatic carbocycles. The fraction of sp³-hybridized carbons (Fsp3) is 0.294. The molecular weight excluding hydrogens is 319 g/mol. The van der Waals surface area contributed by atoms with Gasteiger partial charge in [0.1, 0.15) is 6.04 Å². The highest BCUT2D eigenvalue weighted by atomic mass is 27.0. The number of fused-ring (bicyclic) bond motifs is 1. The van der Waals surface area contributed by atoms with Gasteiger partial charge in [0, 0.05) is 18.1 Å². The zero-order valence-electron chi connectivity index (χ0n) is 13.0. The van der Waals surface area contributed by atoms with Crippen molar-refractivity contribution >= 4 is 43.4 Å². The quantitative estimate of drug-likeness (QED) is 0.817. The van der Waals surface area contributed by atoms with Crippen molar-refractivity contribution in [3.63, 3.8) is 0 Å². The summed E-state index contributed by atoms with van der Waals surface area (Å²) in [4.78, 5) is 30.4. The molecule has 24 heavy (non-hydrogen) atoms. The summed E-state index contributed by atoms with van der Waals surface area (Å²) in [5, 5.41) is 12.4. The van der Waals surface area contributed by atoms with Crippen molar-refractivity contribution in [2.24, 2.45) is 0 Å². The predicted molar refractivity (Wildman–Crippen MR) is 89.8 cm³/mol. The van der Waals surface area contributed by atoms with Crippen LogP contribution in [0, 0.1) is 11.3 Å².